The number of nitrogens with one attached hydrogen (secondary N) is 1. The highest BCUT2D eigenvalue weighted by Gasteiger charge is 2.34. The fourth-order valence-corrected chi connectivity index (χ4v) is 3.55. The minimum Gasteiger partial charge on any atom is -0.420 e. The zero-order chi connectivity index (χ0) is 18.7. The predicted molar refractivity (Wildman–Crippen MR) is 102 cm³/mol. The molecule has 26 heavy (non-hydrogen) atoms. The fraction of sp³-hybridized carbons (Fsp3) is 0.400. The van der Waals surface area contributed by atoms with Gasteiger partial charge in [-0.1, -0.05) is 25.5 Å². The number of aromatic nitrogens is 2. The van der Waals surface area contributed by atoms with E-state index in [1.807, 2.05) is 0 Å². The molecular weight excluding hydrogens is 326 g/mol. The summed E-state index contributed by atoms with van der Waals surface area (Å²) in [5, 5.41) is 17.0. The summed E-state index contributed by atoms with van der Waals surface area (Å²) in [6, 6.07) is 10.6. The van der Waals surface area contributed by atoms with Crippen molar-refractivity contribution >= 4 is 5.69 Å². The maximum atomic E-state index is 9.69. The Bertz CT molecular complexity index is 840. The molecule has 2 aromatic rings. The number of hydrogen-bond donors (Lipinski definition) is 2. The third-order valence-corrected chi connectivity index (χ3v) is 4.87. The number of benzene rings is 1. The lowest BCUT2D eigenvalue weighted by Crippen LogP contribution is -2.22. The minimum atomic E-state index is -0.255. The van der Waals surface area contributed by atoms with Gasteiger partial charge in [-0.05, 0) is 38.0 Å². The van der Waals surface area contributed by atoms with Crippen LogP contribution in [0.25, 0.3) is 0 Å². The van der Waals surface area contributed by atoms with Crippen molar-refractivity contribution in [2.75, 3.05) is 18.0 Å². The molecule has 3 rings (SSSR count). The Morgan fingerprint density at radius 1 is 1.23 bits per heavy atom. The van der Waals surface area contributed by atoms with E-state index in [1.54, 1.807) is 0 Å². The van der Waals surface area contributed by atoms with Gasteiger partial charge in [-0.25, -0.2) is 0 Å². The first-order valence-corrected chi connectivity index (χ1v) is 9.14. The number of fused-ring (bicyclic) bond motifs is 1. The summed E-state index contributed by atoms with van der Waals surface area (Å²) in [5.41, 5.74) is 10.6. The molecule has 0 radical (unpaired) electrons. The molecule has 1 aliphatic rings. The minimum absolute atomic E-state index is 0.132. The van der Waals surface area contributed by atoms with Gasteiger partial charge in [-0.15, -0.1) is 5.10 Å². The molecule has 0 saturated heterocycles. The van der Waals surface area contributed by atoms with Crippen LogP contribution >= 0.6 is 0 Å². The number of H-pyrrole nitrogens is 1. The molecule has 6 nitrogen and oxygen atoms in total. The molecule has 3 N–H and O–H groups in total. The number of hydrogen-bond acceptors (Lipinski definition) is 5. The van der Waals surface area contributed by atoms with Gasteiger partial charge < -0.3 is 15.4 Å². The lowest BCUT2D eigenvalue weighted by atomic mass is 9.83. The fourth-order valence-electron chi connectivity index (χ4n) is 3.55. The van der Waals surface area contributed by atoms with E-state index in [0.717, 1.165) is 42.8 Å². The number of allylic oxidation sites excluding steroid dienone is 1. The van der Waals surface area contributed by atoms with Crippen LogP contribution < -0.4 is 15.4 Å². The average molecular weight is 351 g/mol. The van der Waals surface area contributed by atoms with E-state index >= 15 is 0 Å². The number of nitrogens with zero attached hydrogens (tertiary/aromatic N) is 3. The molecule has 1 atom stereocenters. The Hall–Kier alpha value is -2.94. The van der Waals surface area contributed by atoms with E-state index in [9.17, 15) is 5.26 Å². The van der Waals surface area contributed by atoms with E-state index in [2.05, 4.69) is 66.2 Å². The summed E-state index contributed by atoms with van der Waals surface area (Å²) < 4.78 is 5.60. The molecule has 6 heteroatoms. The number of nitrogens with two attached hydrogens (primary N) is 1. The quantitative estimate of drug-likeness (QED) is 0.832. The van der Waals surface area contributed by atoms with Gasteiger partial charge in [-0.2, -0.15) is 5.26 Å². The van der Waals surface area contributed by atoms with Gasteiger partial charge in [0, 0.05) is 30.0 Å². The Balaban J connectivity index is 2.07. The van der Waals surface area contributed by atoms with Crippen molar-refractivity contribution in [2.24, 2.45) is 5.73 Å². The van der Waals surface area contributed by atoms with Gasteiger partial charge in [0.15, 0.2) is 0 Å². The van der Waals surface area contributed by atoms with Crippen LogP contribution in [0.2, 0.25) is 0 Å². The summed E-state index contributed by atoms with van der Waals surface area (Å²) in [6.45, 7) is 8.30. The first-order chi connectivity index (χ1) is 12.6. The van der Waals surface area contributed by atoms with Gasteiger partial charge in [-0.3, -0.25) is 5.10 Å². The number of nitriles is 1. The number of aryl methyl sites for hydroxylation is 1. The zero-order valence-electron chi connectivity index (χ0n) is 15.5. The van der Waals surface area contributed by atoms with Crippen molar-refractivity contribution in [3.8, 4) is 11.9 Å². The maximum absolute atomic E-state index is 9.69. The monoisotopic (exact) mass is 351 g/mol. The highest BCUT2D eigenvalue weighted by Crippen LogP contribution is 2.43. The summed E-state index contributed by atoms with van der Waals surface area (Å²) in [5.74, 6) is 0.352. The summed E-state index contributed by atoms with van der Waals surface area (Å²) in [4.78, 5) is 2.29. The third-order valence-electron chi connectivity index (χ3n) is 4.87. The number of anilines is 1. The van der Waals surface area contributed by atoms with Crippen LogP contribution in [0.4, 0.5) is 5.69 Å². The van der Waals surface area contributed by atoms with Crippen LogP contribution in [0, 0.1) is 11.3 Å². The van der Waals surface area contributed by atoms with Crippen LogP contribution in [-0.4, -0.2) is 23.3 Å². The van der Waals surface area contributed by atoms with E-state index in [0.29, 0.717) is 11.5 Å². The second-order valence-corrected chi connectivity index (χ2v) is 6.36. The topological polar surface area (TPSA) is 91.0 Å². The van der Waals surface area contributed by atoms with Crippen molar-refractivity contribution in [1.82, 2.24) is 10.2 Å². The van der Waals surface area contributed by atoms with Crippen molar-refractivity contribution < 1.29 is 4.74 Å². The van der Waals surface area contributed by atoms with Crippen molar-refractivity contribution in [1.29, 1.82) is 5.26 Å². The average Bonchev–Trinajstić information content (AvgIpc) is 3.05. The SMILES string of the molecule is CCCc1[nH]nc2c1C(c1ccc(N(CC)CC)cc1)C(C#N)=C(N)O2. The lowest BCUT2D eigenvalue weighted by Gasteiger charge is -2.25. The van der Waals surface area contributed by atoms with E-state index in [1.165, 1.54) is 5.69 Å². The Morgan fingerprint density at radius 3 is 2.50 bits per heavy atom. The molecule has 0 saturated carbocycles. The Labute approximate surface area is 154 Å². The molecular formula is C20H25N5O. The van der Waals surface area contributed by atoms with Crippen LogP contribution in [0.1, 0.15) is 49.9 Å². The second kappa shape index (κ2) is 7.52. The van der Waals surface area contributed by atoms with Crippen molar-refractivity contribution in [3.63, 3.8) is 0 Å². The normalized spacial score (nSPS) is 16.0. The summed E-state index contributed by atoms with van der Waals surface area (Å²) in [7, 11) is 0. The van der Waals surface area contributed by atoms with Crippen LogP contribution in [0.3, 0.4) is 0 Å². The molecule has 1 unspecified atom stereocenters. The molecule has 0 spiro atoms. The second-order valence-electron chi connectivity index (χ2n) is 6.36. The zero-order valence-corrected chi connectivity index (χ0v) is 15.5. The molecule has 0 bridgehead atoms. The summed E-state index contributed by atoms with van der Waals surface area (Å²) in [6.07, 6.45) is 1.82. The molecule has 1 aromatic heterocycles. The van der Waals surface area contributed by atoms with E-state index in [-0.39, 0.29) is 11.8 Å². The van der Waals surface area contributed by atoms with Crippen molar-refractivity contribution in [3.05, 3.63) is 52.5 Å². The number of rotatable bonds is 6. The lowest BCUT2D eigenvalue weighted by molar-refractivity contribution is 0.378. The molecule has 1 aromatic carbocycles. The molecule has 0 aliphatic carbocycles. The number of aromatic amines is 1. The van der Waals surface area contributed by atoms with Crippen molar-refractivity contribution in [2.45, 2.75) is 39.5 Å². The van der Waals surface area contributed by atoms with Gasteiger partial charge in [0.05, 0.1) is 5.92 Å². The largest absolute Gasteiger partial charge is 0.420 e. The first kappa shape index (κ1) is 17.9. The van der Waals surface area contributed by atoms with Gasteiger partial charge in [0.1, 0.15) is 11.6 Å². The van der Waals surface area contributed by atoms with Crippen LogP contribution in [0.15, 0.2) is 35.7 Å². The molecule has 136 valence electrons. The maximum Gasteiger partial charge on any atom is 0.244 e. The van der Waals surface area contributed by atoms with Crippen LogP contribution in [-0.2, 0) is 6.42 Å². The molecule has 1 aliphatic heterocycles. The third kappa shape index (κ3) is 3.01. The first-order valence-electron chi connectivity index (χ1n) is 9.14. The van der Waals surface area contributed by atoms with E-state index in [4.69, 9.17) is 10.5 Å². The Morgan fingerprint density at radius 2 is 1.92 bits per heavy atom. The predicted octanol–water partition coefficient (Wildman–Crippen LogP) is 3.43. The number of ether oxygens (including phenoxy) is 1. The summed E-state index contributed by atoms with van der Waals surface area (Å²) >= 11 is 0. The van der Waals surface area contributed by atoms with E-state index < -0.39 is 0 Å². The highest BCUT2D eigenvalue weighted by molar-refractivity contribution is 5.57. The molecule has 0 amide bonds. The van der Waals surface area contributed by atoms with Gasteiger partial charge in [0.25, 0.3) is 0 Å². The molecule has 2 heterocycles. The smallest absolute Gasteiger partial charge is 0.244 e. The van der Waals surface area contributed by atoms with Gasteiger partial charge >= 0.3 is 0 Å². The van der Waals surface area contributed by atoms with Crippen LogP contribution in [0.5, 0.6) is 5.88 Å². The molecule has 0 fully saturated rings. The Kier molecular flexibility index (Phi) is 5.17. The standard InChI is InChI=1S/C20H25N5O/c1-4-7-16-18-17(15(12-21)19(22)26-20(18)24-23-16)13-8-10-14(11-9-13)25(5-2)6-3/h8-11,17H,4-7,22H2,1-3H3,(H,23,24). The van der Waals surface area contributed by atoms with Gasteiger partial charge in [0.2, 0.25) is 11.8 Å². The highest BCUT2D eigenvalue weighted by atomic mass is 16.5.